The Labute approximate surface area is 205 Å². The molecule has 0 aliphatic heterocycles. The van der Waals surface area contributed by atoms with Gasteiger partial charge in [-0.3, -0.25) is 0 Å². The molecule has 0 aromatic carbocycles. The highest BCUT2D eigenvalue weighted by Gasteiger charge is 2.20. The Bertz CT molecular complexity index is 842. The fraction of sp³-hybridized carbons (Fsp3) is 0.524. The molecule has 8 nitrogen and oxygen atoms in total. The third-order valence-electron chi connectivity index (χ3n) is 4.01. The molecule has 31 heavy (non-hydrogen) atoms. The molecule has 0 saturated carbocycles. The monoisotopic (exact) mass is 561 g/mol. The zero-order chi connectivity index (χ0) is 21.9. The van der Waals surface area contributed by atoms with E-state index in [1.165, 1.54) is 11.3 Å². The predicted molar refractivity (Wildman–Crippen MR) is 135 cm³/mol. The third-order valence-corrected chi connectivity index (χ3v) is 5.33. The Kier molecular flexibility index (Phi) is 12.4. The molecule has 2 heterocycles. The van der Waals surface area contributed by atoms with Crippen LogP contribution in [0.2, 0.25) is 0 Å². The van der Waals surface area contributed by atoms with Crippen molar-refractivity contribution in [2.45, 2.75) is 53.6 Å². The minimum absolute atomic E-state index is 0. The second-order valence-electron chi connectivity index (χ2n) is 6.60. The zero-order valence-corrected chi connectivity index (χ0v) is 21.9. The normalized spacial score (nSPS) is 12.0. The van der Waals surface area contributed by atoms with E-state index in [2.05, 4.69) is 32.5 Å². The van der Waals surface area contributed by atoms with Crippen LogP contribution in [0.1, 0.15) is 66.1 Å². The number of halogens is 1. The van der Waals surface area contributed by atoms with Crippen molar-refractivity contribution >= 4 is 47.2 Å². The van der Waals surface area contributed by atoms with E-state index < -0.39 is 0 Å². The molecular formula is C21H32IN5O3S. The lowest BCUT2D eigenvalue weighted by Gasteiger charge is -2.16. The summed E-state index contributed by atoms with van der Waals surface area (Å²) in [5, 5.41) is 7.39. The third kappa shape index (κ3) is 8.60. The van der Waals surface area contributed by atoms with Gasteiger partial charge < -0.3 is 20.1 Å². The standard InChI is InChI=1S/C21H31N5O3S.HI/c1-6-11-29-17-10-9-16(12-23-17)13-24-21(22-7-2)26-15(5)19-25-14(4)18(30-19)20(27)28-8-3;/h9-10,12,15H,6-8,11,13H2,1-5H3,(H2,22,24,26);1H. The molecule has 2 N–H and O–H groups in total. The van der Waals surface area contributed by atoms with Gasteiger partial charge in [-0.05, 0) is 39.7 Å². The molecule has 1 unspecified atom stereocenters. The van der Waals surface area contributed by atoms with Crippen LogP contribution in [0, 0.1) is 6.92 Å². The molecule has 2 aromatic rings. The van der Waals surface area contributed by atoms with Gasteiger partial charge in [0.25, 0.3) is 0 Å². The van der Waals surface area contributed by atoms with Crippen molar-refractivity contribution in [3.05, 3.63) is 39.5 Å². The first kappa shape index (κ1) is 27.1. The average molecular weight is 561 g/mol. The summed E-state index contributed by atoms with van der Waals surface area (Å²) in [6.07, 6.45) is 2.72. The summed E-state index contributed by atoms with van der Waals surface area (Å²) in [5.41, 5.74) is 1.67. The highest BCUT2D eigenvalue weighted by Crippen LogP contribution is 2.24. The van der Waals surface area contributed by atoms with Gasteiger partial charge in [0.1, 0.15) is 9.88 Å². The second kappa shape index (κ2) is 14.2. The zero-order valence-electron chi connectivity index (χ0n) is 18.7. The van der Waals surface area contributed by atoms with E-state index in [1.807, 2.05) is 32.9 Å². The number of carbonyl (C=O) groups excluding carboxylic acids is 1. The summed E-state index contributed by atoms with van der Waals surface area (Å²) in [6, 6.07) is 3.71. The van der Waals surface area contributed by atoms with Crippen molar-refractivity contribution in [3.8, 4) is 5.88 Å². The molecule has 1 atom stereocenters. The lowest BCUT2D eigenvalue weighted by atomic mass is 10.3. The molecule has 0 aliphatic carbocycles. The SMILES string of the molecule is CCCOc1ccc(CN=C(NCC)NC(C)c2nc(C)c(C(=O)OCC)s2)cn1.I. The first-order valence-corrected chi connectivity index (χ1v) is 11.1. The van der Waals surface area contributed by atoms with Gasteiger partial charge in [-0.2, -0.15) is 0 Å². The number of aromatic nitrogens is 2. The number of nitrogens with zero attached hydrogens (tertiary/aromatic N) is 3. The van der Waals surface area contributed by atoms with Gasteiger partial charge in [0.05, 0.1) is 31.5 Å². The van der Waals surface area contributed by atoms with Crippen LogP contribution in [0.3, 0.4) is 0 Å². The molecule has 0 saturated heterocycles. The molecule has 172 valence electrons. The highest BCUT2D eigenvalue weighted by atomic mass is 127. The van der Waals surface area contributed by atoms with Crippen LogP contribution in [0.4, 0.5) is 0 Å². The van der Waals surface area contributed by atoms with Crippen molar-refractivity contribution in [2.75, 3.05) is 19.8 Å². The van der Waals surface area contributed by atoms with Crippen LogP contribution in [0.5, 0.6) is 5.88 Å². The van der Waals surface area contributed by atoms with E-state index in [0.717, 1.165) is 23.5 Å². The Morgan fingerprint density at radius 3 is 2.68 bits per heavy atom. The maximum Gasteiger partial charge on any atom is 0.350 e. The van der Waals surface area contributed by atoms with Gasteiger partial charge in [-0.25, -0.2) is 19.8 Å². The van der Waals surface area contributed by atoms with E-state index in [4.69, 9.17) is 9.47 Å². The topological polar surface area (TPSA) is 97.7 Å². The number of guanidine groups is 1. The van der Waals surface area contributed by atoms with Gasteiger partial charge in [0, 0.05) is 18.8 Å². The molecule has 2 rings (SSSR count). The smallest absolute Gasteiger partial charge is 0.350 e. The van der Waals surface area contributed by atoms with Gasteiger partial charge in [-0.1, -0.05) is 13.0 Å². The molecular weight excluding hydrogens is 529 g/mol. The number of rotatable bonds is 10. The quantitative estimate of drug-likeness (QED) is 0.194. The molecule has 0 radical (unpaired) electrons. The largest absolute Gasteiger partial charge is 0.478 e. The van der Waals surface area contributed by atoms with Crippen molar-refractivity contribution in [1.29, 1.82) is 0 Å². The Morgan fingerprint density at radius 1 is 1.29 bits per heavy atom. The number of nitrogens with one attached hydrogen (secondary N) is 2. The number of carbonyl (C=O) groups is 1. The van der Waals surface area contributed by atoms with Gasteiger partial charge in [-0.15, -0.1) is 35.3 Å². The number of thiazole rings is 1. The number of aliphatic imine (C=N–C) groups is 1. The van der Waals surface area contributed by atoms with Crippen molar-refractivity contribution in [2.24, 2.45) is 4.99 Å². The molecule has 0 fully saturated rings. The summed E-state index contributed by atoms with van der Waals surface area (Å²) in [7, 11) is 0. The number of aryl methyl sites for hydroxylation is 1. The first-order valence-electron chi connectivity index (χ1n) is 10.2. The summed E-state index contributed by atoms with van der Waals surface area (Å²) >= 11 is 1.34. The molecule has 0 spiro atoms. The van der Waals surface area contributed by atoms with Crippen LogP contribution in [0.25, 0.3) is 0 Å². The molecule has 2 aromatic heterocycles. The number of esters is 1. The summed E-state index contributed by atoms with van der Waals surface area (Å²) in [4.78, 5) is 26.1. The van der Waals surface area contributed by atoms with Crippen LogP contribution in [-0.4, -0.2) is 41.7 Å². The summed E-state index contributed by atoms with van der Waals surface area (Å²) in [5.74, 6) is 0.965. The van der Waals surface area contributed by atoms with E-state index in [1.54, 1.807) is 13.1 Å². The van der Waals surface area contributed by atoms with Crippen molar-refractivity contribution in [3.63, 3.8) is 0 Å². The van der Waals surface area contributed by atoms with E-state index >= 15 is 0 Å². The Balaban J connectivity index is 0.00000480. The molecule has 0 bridgehead atoms. The molecule has 0 aliphatic rings. The van der Waals surface area contributed by atoms with Crippen LogP contribution in [0.15, 0.2) is 23.3 Å². The Morgan fingerprint density at radius 2 is 2.06 bits per heavy atom. The fourth-order valence-electron chi connectivity index (χ4n) is 2.54. The van der Waals surface area contributed by atoms with E-state index in [-0.39, 0.29) is 36.0 Å². The minimum Gasteiger partial charge on any atom is -0.478 e. The highest BCUT2D eigenvalue weighted by molar-refractivity contribution is 14.0. The molecule has 10 heteroatoms. The lowest BCUT2D eigenvalue weighted by molar-refractivity contribution is 0.0531. The first-order chi connectivity index (χ1) is 14.5. The van der Waals surface area contributed by atoms with Crippen LogP contribution >= 0.6 is 35.3 Å². The predicted octanol–water partition coefficient (Wildman–Crippen LogP) is 4.25. The van der Waals surface area contributed by atoms with Gasteiger partial charge in [0.15, 0.2) is 5.96 Å². The number of hydrogen-bond donors (Lipinski definition) is 2. The second-order valence-corrected chi connectivity index (χ2v) is 7.63. The lowest BCUT2D eigenvalue weighted by Crippen LogP contribution is -2.38. The maximum absolute atomic E-state index is 12.0. The number of hydrogen-bond acceptors (Lipinski definition) is 7. The average Bonchev–Trinajstić information content (AvgIpc) is 3.13. The summed E-state index contributed by atoms with van der Waals surface area (Å²) < 4.78 is 10.6. The van der Waals surface area contributed by atoms with E-state index in [0.29, 0.717) is 42.2 Å². The van der Waals surface area contributed by atoms with Gasteiger partial charge in [0.2, 0.25) is 5.88 Å². The Hall–Kier alpha value is -1.95. The van der Waals surface area contributed by atoms with Crippen LogP contribution in [-0.2, 0) is 11.3 Å². The number of ether oxygens (including phenoxy) is 2. The fourth-order valence-corrected chi connectivity index (χ4v) is 3.51. The van der Waals surface area contributed by atoms with Crippen molar-refractivity contribution < 1.29 is 14.3 Å². The summed E-state index contributed by atoms with van der Waals surface area (Å²) in [6.45, 7) is 11.9. The van der Waals surface area contributed by atoms with Gasteiger partial charge >= 0.3 is 5.97 Å². The van der Waals surface area contributed by atoms with E-state index in [9.17, 15) is 4.79 Å². The van der Waals surface area contributed by atoms with Crippen molar-refractivity contribution in [1.82, 2.24) is 20.6 Å². The minimum atomic E-state index is -0.328. The maximum atomic E-state index is 12.0. The number of pyridine rings is 1. The molecule has 0 amide bonds. The van der Waals surface area contributed by atoms with Crippen LogP contribution < -0.4 is 15.4 Å².